The monoisotopic (exact) mass is 351 g/mol. The molecule has 0 aliphatic heterocycles. The lowest BCUT2D eigenvalue weighted by Crippen LogP contribution is -2.30. The number of benzene rings is 1. The zero-order chi connectivity index (χ0) is 16.0. The second kappa shape index (κ2) is 7.99. The van der Waals surface area contributed by atoms with Crippen LogP contribution in [0.4, 0.5) is 0 Å². The lowest BCUT2D eigenvalue weighted by Gasteiger charge is -2.18. The Labute approximate surface area is 134 Å². The van der Waals surface area contributed by atoms with Crippen LogP contribution in [0.3, 0.4) is 0 Å². The van der Waals surface area contributed by atoms with E-state index in [2.05, 4.69) is 11.8 Å². The quantitative estimate of drug-likeness (QED) is 0.784. The Morgan fingerprint density at radius 1 is 1.19 bits per heavy atom. The van der Waals surface area contributed by atoms with Crippen LogP contribution in [0, 0.1) is 11.8 Å². The van der Waals surface area contributed by atoms with Crippen LogP contribution in [0.25, 0.3) is 0 Å². The second-order valence-electron chi connectivity index (χ2n) is 4.09. The van der Waals surface area contributed by atoms with Crippen LogP contribution in [-0.4, -0.2) is 49.7 Å². The Morgan fingerprint density at radius 2 is 1.76 bits per heavy atom. The Kier molecular flexibility index (Phi) is 6.94. The Balaban J connectivity index is 3.26. The first kappa shape index (κ1) is 18.2. The minimum Gasteiger partial charge on any atom is -0.395 e. The smallest absolute Gasteiger partial charge is 0.245 e. The molecule has 0 bridgehead atoms. The van der Waals surface area contributed by atoms with Gasteiger partial charge in [0.15, 0.2) is 0 Å². The van der Waals surface area contributed by atoms with Crippen molar-refractivity contribution in [2.24, 2.45) is 0 Å². The zero-order valence-electron chi connectivity index (χ0n) is 11.3. The molecule has 0 spiro atoms. The third kappa shape index (κ3) is 4.58. The number of likely N-dealkylation sites (N-methyl/N-ethyl adjacent to an activating group) is 1. The largest absolute Gasteiger partial charge is 0.395 e. The molecular formula is C13H15Cl2NO4S. The van der Waals surface area contributed by atoms with Crippen molar-refractivity contribution in [1.29, 1.82) is 0 Å². The van der Waals surface area contributed by atoms with Crippen LogP contribution in [0.2, 0.25) is 10.0 Å². The number of hydrogen-bond donors (Lipinski definition) is 2. The van der Waals surface area contributed by atoms with Crippen molar-refractivity contribution in [3.63, 3.8) is 0 Å². The van der Waals surface area contributed by atoms with Crippen LogP contribution in [-0.2, 0) is 10.0 Å². The summed E-state index contributed by atoms with van der Waals surface area (Å²) in [6, 6.07) is 2.80. The molecule has 0 saturated heterocycles. The second-order valence-corrected chi connectivity index (χ2v) is 6.89. The molecule has 5 nitrogen and oxygen atoms in total. The predicted octanol–water partition coefficient (Wildman–Crippen LogP) is 1.34. The minimum absolute atomic E-state index is 0.0411. The van der Waals surface area contributed by atoms with Crippen LogP contribution in [0.1, 0.15) is 12.0 Å². The fourth-order valence-electron chi connectivity index (χ4n) is 1.52. The van der Waals surface area contributed by atoms with Crippen LogP contribution >= 0.6 is 23.2 Å². The van der Waals surface area contributed by atoms with E-state index < -0.39 is 10.0 Å². The molecule has 0 aliphatic rings. The Bertz CT molecular complexity index is 641. The topological polar surface area (TPSA) is 77.8 Å². The summed E-state index contributed by atoms with van der Waals surface area (Å²) in [5.41, 5.74) is 0.460. The maximum Gasteiger partial charge on any atom is 0.245 e. The number of nitrogens with zero attached hydrogens (tertiary/aromatic N) is 1. The fourth-order valence-corrected chi connectivity index (χ4v) is 3.83. The number of halogens is 2. The summed E-state index contributed by atoms with van der Waals surface area (Å²) in [7, 11) is -2.56. The molecule has 0 fully saturated rings. The summed E-state index contributed by atoms with van der Waals surface area (Å²) in [4.78, 5) is -0.213. The molecule has 0 unspecified atom stereocenters. The van der Waals surface area contributed by atoms with Crippen molar-refractivity contribution in [3.8, 4) is 11.8 Å². The molecule has 0 heterocycles. The summed E-state index contributed by atoms with van der Waals surface area (Å²) in [6.07, 6.45) is 0.300. The number of sulfonamides is 1. The summed E-state index contributed by atoms with van der Waals surface area (Å²) < 4.78 is 25.6. The van der Waals surface area contributed by atoms with Gasteiger partial charge in [0, 0.05) is 25.6 Å². The van der Waals surface area contributed by atoms with Gasteiger partial charge in [0.05, 0.1) is 23.3 Å². The van der Waals surface area contributed by atoms with Gasteiger partial charge in [-0.15, -0.1) is 0 Å². The summed E-state index contributed by atoms with van der Waals surface area (Å²) in [5, 5.41) is 17.4. The Hall–Kier alpha value is -0.810. The number of aliphatic hydroxyl groups excluding tert-OH is 2. The van der Waals surface area contributed by atoms with Gasteiger partial charge in [-0.25, -0.2) is 8.42 Å². The molecular weight excluding hydrogens is 337 g/mol. The van der Waals surface area contributed by atoms with Crippen molar-refractivity contribution in [2.45, 2.75) is 11.3 Å². The average molecular weight is 352 g/mol. The van der Waals surface area contributed by atoms with E-state index in [1.54, 1.807) is 0 Å². The van der Waals surface area contributed by atoms with Crippen LogP contribution < -0.4 is 0 Å². The highest BCUT2D eigenvalue weighted by Gasteiger charge is 2.26. The number of hydrogen-bond acceptors (Lipinski definition) is 4. The first-order valence-corrected chi connectivity index (χ1v) is 8.20. The Morgan fingerprint density at radius 3 is 2.24 bits per heavy atom. The zero-order valence-corrected chi connectivity index (χ0v) is 13.6. The third-order valence-corrected chi connectivity index (χ3v) is 5.33. The van der Waals surface area contributed by atoms with E-state index in [4.69, 9.17) is 33.4 Å². The van der Waals surface area contributed by atoms with Gasteiger partial charge in [0.2, 0.25) is 10.0 Å². The van der Waals surface area contributed by atoms with Crippen molar-refractivity contribution < 1.29 is 18.6 Å². The molecule has 0 aliphatic carbocycles. The molecule has 116 valence electrons. The van der Waals surface area contributed by atoms with Crippen molar-refractivity contribution in [3.05, 3.63) is 27.7 Å². The van der Waals surface area contributed by atoms with E-state index in [9.17, 15) is 8.42 Å². The van der Waals surface area contributed by atoms with Crippen LogP contribution in [0.15, 0.2) is 17.0 Å². The molecule has 1 rings (SSSR count). The molecule has 0 radical (unpaired) electrons. The number of rotatable bonds is 5. The highest BCUT2D eigenvalue weighted by molar-refractivity contribution is 7.89. The van der Waals surface area contributed by atoms with Gasteiger partial charge in [-0.3, -0.25) is 0 Å². The first-order valence-electron chi connectivity index (χ1n) is 6.00. The highest BCUT2D eigenvalue weighted by atomic mass is 35.5. The summed E-state index contributed by atoms with van der Waals surface area (Å²) in [6.45, 7) is -0.435. The van der Waals surface area contributed by atoms with E-state index in [1.807, 2.05) is 0 Å². The van der Waals surface area contributed by atoms with Gasteiger partial charge in [-0.1, -0.05) is 35.0 Å². The molecule has 2 N–H and O–H groups in total. The van der Waals surface area contributed by atoms with Gasteiger partial charge in [-0.05, 0) is 12.1 Å². The van der Waals surface area contributed by atoms with E-state index in [0.717, 1.165) is 4.31 Å². The lowest BCUT2D eigenvalue weighted by molar-refractivity contribution is 0.266. The van der Waals surface area contributed by atoms with Crippen molar-refractivity contribution >= 4 is 33.2 Å². The molecule has 1 aromatic rings. The van der Waals surface area contributed by atoms with Gasteiger partial charge in [0.1, 0.15) is 4.90 Å². The van der Waals surface area contributed by atoms with E-state index >= 15 is 0 Å². The van der Waals surface area contributed by atoms with E-state index in [1.165, 1.54) is 19.2 Å². The maximum atomic E-state index is 12.3. The molecule has 0 atom stereocenters. The fraction of sp³-hybridized carbons (Fsp3) is 0.385. The summed E-state index contributed by atoms with van der Waals surface area (Å²) >= 11 is 12.0. The van der Waals surface area contributed by atoms with Gasteiger partial charge in [0.25, 0.3) is 0 Å². The molecule has 0 saturated carbocycles. The first-order chi connectivity index (χ1) is 9.84. The van der Waals surface area contributed by atoms with E-state index in [-0.39, 0.29) is 34.7 Å². The SMILES string of the molecule is CN(CCO)S(=O)(=O)c1c(Cl)cc(C#CCCO)cc1Cl. The lowest BCUT2D eigenvalue weighted by atomic mass is 10.2. The standard InChI is InChI=1S/C13H15Cl2NO4S/c1-16(5-7-18)21(19,20)13-11(14)8-10(9-12(13)15)4-2-3-6-17/h8-9,17-18H,3,5-7H2,1H3. The highest BCUT2D eigenvalue weighted by Crippen LogP contribution is 2.32. The molecule has 21 heavy (non-hydrogen) atoms. The normalized spacial score (nSPS) is 11.3. The average Bonchev–Trinajstić information content (AvgIpc) is 2.38. The van der Waals surface area contributed by atoms with Crippen LogP contribution in [0.5, 0.6) is 0 Å². The maximum absolute atomic E-state index is 12.3. The van der Waals surface area contributed by atoms with Gasteiger partial charge >= 0.3 is 0 Å². The number of aliphatic hydroxyl groups is 2. The third-order valence-electron chi connectivity index (χ3n) is 2.55. The summed E-state index contributed by atoms with van der Waals surface area (Å²) in [5.74, 6) is 5.43. The van der Waals surface area contributed by atoms with Crippen molar-refractivity contribution in [2.75, 3.05) is 26.8 Å². The molecule has 8 heteroatoms. The molecule has 0 amide bonds. The molecule has 1 aromatic carbocycles. The predicted molar refractivity (Wildman–Crippen MR) is 81.9 cm³/mol. The van der Waals surface area contributed by atoms with Crippen molar-refractivity contribution in [1.82, 2.24) is 4.31 Å². The minimum atomic E-state index is -3.88. The van der Waals surface area contributed by atoms with Gasteiger partial charge < -0.3 is 10.2 Å². The van der Waals surface area contributed by atoms with Gasteiger partial charge in [-0.2, -0.15) is 4.31 Å². The van der Waals surface area contributed by atoms with E-state index in [0.29, 0.717) is 12.0 Å². The molecule has 0 aromatic heterocycles.